The summed E-state index contributed by atoms with van der Waals surface area (Å²) in [6.45, 7) is 4.07. The average molecular weight is 229 g/mol. The van der Waals surface area contributed by atoms with Gasteiger partial charge in [-0.05, 0) is 25.6 Å². The van der Waals surface area contributed by atoms with E-state index in [0.29, 0.717) is 5.11 Å². The summed E-state index contributed by atoms with van der Waals surface area (Å²) in [6, 6.07) is 0. The molecule has 0 bridgehead atoms. The van der Waals surface area contributed by atoms with Crippen LogP contribution in [0.5, 0.6) is 0 Å². The second-order valence-electron chi connectivity index (χ2n) is 4.18. The third-order valence-corrected chi connectivity index (χ3v) is 2.91. The van der Waals surface area contributed by atoms with E-state index in [1.54, 1.807) is 0 Å². The van der Waals surface area contributed by atoms with Crippen LogP contribution in [0.1, 0.15) is 46.0 Å². The summed E-state index contributed by atoms with van der Waals surface area (Å²) < 4.78 is 0. The minimum Gasteiger partial charge on any atom is -0.300 e. The van der Waals surface area contributed by atoms with Gasteiger partial charge in [0.05, 0.1) is 0 Å². The van der Waals surface area contributed by atoms with Crippen molar-refractivity contribution in [3.63, 3.8) is 0 Å². The summed E-state index contributed by atoms with van der Waals surface area (Å²) >= 11 is 4.83. The standard InChI is InChI=1S/C10H19N3OS/c1-3-4-5-6-7-10(2)8(14)11-9(15)12-13-10/h13H,3-7H2,1-2H3,(H2,11,12,14,15). The first-order valence-corrected chi connectivity index (χ1v) is 5.88. The molecule has 0 saturated carbocycles. The van der Waals surface area contributed by atoms with E-state index in [4.69, 9.17) is 12.2 Å². The number of hydrogen-bond donors (Lipinski definition) is 3. The Hall–Kier alpha value is -0.680. The summed E-state index contributed by atoms with van der Waals surface area (Å²) in [6.07, 6.45) is 5.49. The Morgan fingerprint density at radius 2 is 2.07 bits per heavy atom. The first kappa shape index (κ1) is 12.4. The lowest BCUT2D eigenvalue weighted by molar-refractivity contribution is -0.127. The third-order valence-electron chi connectivity index (χ3n) is 2.71. The van der Waals surface area contributed by atoms with Crippen LogP contribution in [0.25, 0.3) is 0 Å². The molecule has 1 heterocycles. The van der Waals surface area contributed by atoms with Crippen molar-refractivity contribution in [2.45, 2.75) is 51.5 Å². The Labute approximate surface area is 96.2 Å². The maximum absolute atomic E-state index is 11.7. The topological polar surface area (TPSA) is 53.2 Å². The molecule has 0 aromatic heterocycles. The molecular weight excluding hydrogens is 210 g/mol. The van der Waals surface area contributed by atoms with Crippen molar-refractivity contribution in [1.29, 1.82) is 0 Å². The number of amides is 1. The fourth-order valence-electron chi connectivity index (χ4n) is 1.61. The van der Waals surface area contributed by atoms with Crippen molar-refractivity contribution in [2.24, 2.45) is 0 Å². The van der Waals surface area contributed by atoms with Crippen LogP contribution in [-0.2, 0) is 4.79 Å². The fraction of sp³-hybridized carbons (Fsp3) is 0.800. The summed E-state index contributed by atoms with van der Waals surface area (Å²) in [5.74, 6) is -0.0391. The normalized spacial score (nSPS) is 26.0. The Morgan fingerprint density at radius 1 is 1.33 bits per heavy atom. The average Bonchev–Trinajstić information content (AvgIpc) is 2.20. The van der Waals surface area contributed by atoms with E-state index < -0.39 is 5.54 Å². The van der Waals surface area contributed by atoms with E-state index in [-0.39, 0.29) is 5.91 Å². The number of hydrazine groups is 1. The van der Waals surface area contributed by atoms with Crippen molar-refractivity contribution in [2.75, 3.05) is 0 Å². The van der Waals surface area contributed by atoms with Crippen LogP contribution in [0, 0.1) is 0 Å². The lowest BCUT2D eigenvalue weighted by Crippen LogP contribution is -2.68. The van der Waals surface area contributed by atoms with Gasteiger partial charge < -0.3 is 5.32 Å². The summed E-state index contributed by atoms with van der Waals surface area (Å²) in [5, 5.41) is 2.98. The predicted molar refractivity (Wildman–Crippen MR) is 64.2 cm³/mol. The van der Waals surface area contributed by atoms with Gasteiger partial charge >= 0.3 is 0 Å². The van der Waals surface area contributed by atoms with E-state index in [0.717, 1.165) is 12.8 Å². The van der Waals surface area contributed by atoms with E-state index in [9.17, 15) is 4.79 Å². The van der Waals surface area contributed by atoms with Crippen LogP contribution in [-0.4, -0.2) is 16.6 Å². The van der Waals surface area contributed by atoms with Crippen LogP contribution in [0.3, 0.4) is 0 Å². The Bertz CT molecular complexity index is 257. The van der Waals surface area contributed by atoms with Crippen molar-refractivity contribution in [3.05, 3.63) is 0 Å². The van der Waals surface area contributed by atoms with Gasteiger partial charge in [0.2, 0.25) is 5.91 Å². The molecule has 3 N–H and O–H groups in total. The SMILES string of the molecule is CCCCCCC1(C)NNC(=S)NC1=O. The first-order valence-electron chi connectivity index (χ1n) is 5.47. The van der Waals surface area contributed by atoms with Crippen molar-refractivity contribution in [3.8, 4) is 0 Å². The highest BCUT2D eigenvalue weighted by Crippen LogP contribution is 2.16. The third kappa shape index (κ3) is 3.43. The summed E-state index contributed by atoms with van der Waals surface area (Å²) in [4.78, 5) is 11.7. The van der Waals surface area contributed by atoms with Gasteiger partial charge in [-0.2, -0.15) is 0 Å². The van der Waals surface area contributed by atoms with Crippen molar-refractivity contribution < 1.29 is 4.79 Å². The minimum absolute atomic E-state index is 0.0391. The number of nitrogens with one attached hydrogen (secondary N) is 3. The number of carbonyl (C=O) groups is 1. The molecule has 15 heavy (non-hydrogen) atoms. The van der Waals surface area contributed by atoms with Crippen LogP contribution in [0.4, 0.5) is 0 Å². The van der Waals surface area contributed by atoms with Gasteiger partial charge in [0.1, 0.15) is 5.54 Å². The van der Waals surface area contributed by atoms with Gasteiger partial charge in [0, 0.05) is 0 Å². The Morgan fingerprint density at radius 3 is 2.67 bits per heavy atom. The molecule has 1 aliphatic rings. The molecule has 1 atom stereocenters. The molecule has 5 heteroatoms. The number of carbonyl (C=O) groups excluding carboxylic acids is 1. The molecule has 1 amide bonds. The summed E-state index contributed by atoms with van der Waals surface area (Å²) in [5.41, 5.74) is 5.23. The number of thiocarbonyl (C=S) groups is 1. The first-order chi connectivity index (χ1) is 7.08. The lowest BCUT2D eigenvalue weighted by atomic mass is 9.93. The van der Waals surface area contributed by atoms with E-state index in [2.05, 4.69) is 23.1 Å². The van der Waals surface area contributed by atoms with Gasteiger partial charge in [0.25, 0.3) is 0 Å². The second-order valence-corrected chi connectivity index (χ2v) is 4.58. The lowest BCUT2D eigenvalue weighted by Gasteiger charge is -2.34. The predicted octanol–water partition coefficient (Wildman–Crippen LogP) is 1.22. The van der Waals surface area contributed by atoms with Crippen LogP contribution < -0.4 is 16.2 Å². The maximum Gasteiger partial charge on any atom is 0.247 e. The van der Waals surface area contributed by atoms with Gasteiger partial charge in [-0.1, -0.05) is 32.6 Å². The molecule has 4 nitrogen and oxygen atoms in total. The molecule has 0 spiro atoms. The van der Waals surface area contributed by atoms with Gasteiger partial charge in [-0.15, -0.1) is 0 Å². The molecule has 1 unspecified atom stereocenters. The van der Waals surface area contributed by atoms with Gasteiger partial charge in [-0.3, -0.25) is 10.2 Å². The number of hydrogen-bond acceptors (Lipinski definition) is 3. The molecule has 1 aliphatic heterocycles. The summed E-state index contributed by atoms with van der Waals surface area (Å²) in [7, 11) is 0. The molecule has 86 valence electrons. The Balaban J connectivity index is 2.37. The fourth-order valence-corrected chi connectivity index (χ4v) is 1.75. The van der Waals surface area contributed by atoms with E-state index in [1.165, 1.54) is 19.3 Å². The molecule has 0 radical (unpaired) electrons. The van der Waals surface area contributed by atoms with Gasteiger partial charge in [-0.25, -0.2) is 5.43 Å². The van der Waals surface area contributed by atoms with Crippen LogP contribution in [0.2, 0.25) is 0 Å². The molecule has 1 saturated heterocycles. The molecule has 1 fully saturated rings. The number of unbranched alkanes of at least 4 members (excludes halogenated alkanes) is 3. The van der Waals surface area contributed by atoms with Crippen LogP contribution in [0.15, 0.2) is 0 Å². The van der Waals surface area contributed by atoms with Crippen molar-refractivity contribution >= 4 is 23.2 Å². The van der Waals surface area contributed by atoms with Gasteiger partial charge in [0.15, 0.2) is 5.11 Å². The quantitative estimate of drug-likeness (QED) is 0.490. The van der Waals surface area contributed by atoms with Crippen molar-refractivity contribution in [1.82, 2.24) is 16.2 Å². The molecule has 0 aliphatic carbocycles. The highest BCUT2D eigenvalue weighted by atomic mass is 32.1. The highest BCUT2D eigenvalue weighted by Gasteiger charge is 2.36. The maximum atomic E-state index is 11.7. The second kappa shape index (κ2) is 5.42. The van der Waals surface area contributed by atoms with E-state index in [1.807, 2.05) is 6.92 Å². The zero-order chi connectivity index (χ0) is 11.3. The number of rotatable bonds is 5. The smallest absolute Gasteiger partial charge is 0.247 e. The highest BCUT2D eigenvalue weighted by molar-refractivity contribution is 7.80. The zero-order valence-corrected chi connectivity index (χ0v) is 10.2. The zero-order valence-electron chi connectivity index (χ0n) is 9.35. The molecule has 1 rings (SSSR count). The molecule has 0 aromatic carbocycles. The largest absolute Gasteiger partial charge is 0.300 e. The monoisotopic (exact) mass is 229 g/mol. The minimum atomic E-state index is -0.532. The van der Waals surface area contributed by atoms with E-state index >= 15 is 0 Å². The van der Waals surface area contributed by atoms with Crippen LogP contribution >= 0.6 is 12.2 Å². The molecule has 0 aromatic rings. The Kier molecular flexibility index (Phi) is 4.47. The molecular formula is C10H19N3OS.